The van der Waals surface area contributed by atoms with E-state index in [1.54, 1.807) is 6.07 Å². The predicted octanol–water partition coefficient (Wildman–Crippen LogP) is -0.844. The Balaban J connectivity index is 2.72. The SMILES string of the molecule is NC(=O)c1ccc2[nH]nc(C(N)=O)c2n1. The minimum Gasteiger partial charge on any atom is -0.364 e. The van der Waals surface area contributed by atoms with E-state index in [0.717, 1.165) is 0 Å². The monoisotopic (exact) mass is 205 g/mol. The number of fused-ring (bicyclic) bond motifs is 1. The highest BCUT2D eigenvalue weighted by Crippen LogP contribution is 2.13. The average Bonchev–Trinajstić information content (AvgIpc) is 2.59. The maximum absolute atomic E-state index is 10.9. The maximum atomic E-state index is 10.9. The van der Waals surface area contributed by atoms with Crippen molar-refractivity contribution in [1.82, 2.24) is 15.2 Å². The molecule has 2 heterocycles. The second-order valence-corrected chi connectivity index (χ2v) is 2.89. The van der Waals surface area contributed by atoms with E-state index in [1.165, 1.54) is 6.07 Å². The first kappa shape index (κ1) is 9.13. The van der Waals surface area contributed by atoms with E-state index >= 15 is 0 Å². The fourth-order valence-corrected chi connectivity index (χ4v) is 1.21. The van der Waals surface area contributed by atoms with Gasteiger partial charge in [0, 0.05) is 0 Å². The molecule has 0 atom stereocenters. The van der Waals surface area contributed by atoms with Crippen molar-refractivity contribution in [3.63, 3.8) is 0 Å². The maximum Gasteiger partial charge on any atom is 0.271 e. The number of H-pyrrole nitrogens is 1. The Bertz CT molecular complexity index is 559. The topological polar surface area (TPSA) is 128 Å². The summed E-state index contributed by atoms with van der Waals surface area (Å²) in [6.45, 7) is 0. The third-order valence-electron chi connectivity index (χ3n) is 1.89. The molecule has 0 aliphatic heterocycles. The first-order chi connectivity index (χ1) is 7.09. The molecule has 0 bridgehead atoms. The molecular weight excluding hydrogens is 198 g/mol. The Morgan fingerprint density at radius 3 is 2.53 bits per heavy atom. The summed E-state index contributed by atoms with van der Waals surface area (Å²) in [6.07, 6.45) is 0. The lowest BCUT2D eigenvalue weighted by molar-refractivity contribution is 0.0985. The Labute approximate surface area is 83.5 Å². The van der Waals surface area contributed by atoms with Gasteiger partial charge < -0.3 is 11.5 Å². The largest absolute Gasteiger partial charge is 0.364 e. The molecule has 2 amide bonds. The molecule has 0 saturated heterocycles. The van der Waals surface area contributed by atoms with E-state index in [2.05, 4.69) is 15.2 Å². The van der Waals surface area contributed by atoms with Crippen molar-refractivity contribution in [2.75, 3.05) is 0 Å². The van der Waals surface area contributed by atoms with Crippen LogP contribution in [0.4, 0.5) is 0 Å². The van der Waals surface area contributed by atoms with Crippen LogP contribution < -0.4 is 11.5 Å². The number of carbonyl (C=O) groups excluding carboxylic acids is 2. The molecular formula is C8H7N5O2. The Kier molecular flexibility index (Phi) is 1.86. The predicted molar refractivity (Wildman–Crippen MR) is 50.9 cm³/mol. The molecule has 0 aliphatic rings. The van der Waals surface area contributed by atoms with Gasteiger partial charge in [-0.3, -0.25) is 14.7 Å². The summed E-state index contributed by atoms with van der Waals surface area (Å²) in [5, 5.41) is 6.25. The highest BCUT2D eigenvalue weighted by atomic mass is 16.1. The van der Waals surface area contributed by atoms with Crippen molar-refractivity contribution in [2.45, 2.75) is 0 Å². The number of amides is 2. The van der Waals surface area contributed by atoms with Gasteiger partial charge >= 0.3 is 0 Å². The van der Waals surface area contributed by atoms with Crippen molar-refractivity contribution in [3.8, 4) is 0 Å². The zero-order chi connectivity index (χ0) is 11.0. The first-order valence-electron chi connectivity index (χ1n) is 4.04. The molecule has 7 heteroatoms. The number of carbonyl (C=O) groups is 2. The lowest BCUT2D eigenvalue weighted by Crippen LogP contribution is -2.15. The summed E-state index contributed by atoms with van der Waals surface area (Å²) >= 11 is 0. The van der Waals surface area contributed by atoms with Gasteiger partial charge in [0.25, 0.3) is 11.8 Å². The third-order valence-corrected chi connectivity index (χ3v) is 1.89. The third kappa shape index (κ3) is 1.39. The quantitative estimate of drug-likeness (QED) is 0.590. The lowest BCUT2D eigenvalue weighted by Gasteiger charge is -1.94. The highest BCUT2D eigenvalue weighted by Gasteiger charge is 2.13. The minimum atomic E-state index is -0.713. The molecule has 0 spiro atoms. The van der Waals surface area contributed by atoms with Gasteiger partial charge in [-0.05, 0) is 12.1 Å². The van der Waals surface area contributed by atoms with Gasteiger partial charge in [-0.25, -0.2) is 4.98 Å². The van der Waals surface area contributed by atoms with E-state index in [1.807, 2.05) is 0 Å². The van der Waals surface area contributed by atoms with Crippen LogP contribution in [0.1, 0.15) is 21.0 Å². The van der Waals surface area contributed by atoms with Gasteiger partial charge in [-0.2, -0.15) is 5.10 Å². The van der Waals surface area contributed by atoms with E-state index in [4.69, 9.17) is 11.5 Å². The number of nitrogens with one attached hydrogen (secondary N) is 1. The number of rotatable bonds is 2. The molecule has 76 valence electrons. The fourth-order valence-electron chi connectivity index (χ4n) is 1.21. The van der Waals surface area contributed by atoms with Gasteiger partial charge in [-0.1, -0.05) is 0 Å². The van der Waals surface area contributed by atoms with Gasteiger partial charge in [-0.15, -0.1) is 0 Å². The van der Waals surface area contributed by atoms with Crippen LogP contribution in [0.3, 0.4) is 0 Å². The summed E-state index contributed by atoms with van der Waals surface area (Å²) in [5.41, 5.74) is 11.0. The minimum absolute atomic E-state index is 0.00639. The smallest absolute Gasteiger partial charge is 0.271 e. The van der Waals surface area contributed by atoms with Crippen LogP contribution in [0, 0.1) is 0 Å². The molecule has 15 heavy (non-hydrogen) atoms. The van der Waals surface area contributed by atoms with Crippen LogP contribution >= 0.6 is 0 Å². The van der Waals surface area contributed by atoms with E-state index in [0.29, 0.717) is 5.52 Å². The van der Waals surface area contributed by atoms with E-state index in [-0.39, 0.29) is 16.9 Å². The van der Waals surface area contributed by atoms with Crippen LogP contribution in [0.15, 0.2) is 12.1 Å². The zero-order valence-corrected chi connectivity index (χ0v) is 7.52. The van der Waals surface area contributed by atoms with Gasteiger partial charge in [0.05, 0.1) is 5.52 Å². The summed E-state index contributed by atoms with van der Waals surface area (Å²) in [5.74, 6) is -1.39. The summed E-state index contributed by atoms with van der Waals surface area (Å²) < 4.78 is 0. The summed E-state index contributed by atoms with van der Waals surface area (Å²) in [4.78, 5) is 25.7. The van der Waals surface area contributed by atoms with Gasteiger partial charge in [0.1, 0.15) is 11.2 Å². The van der Waals surface area contributed by atoms with Crippen LogP contribution in [-0.2, 0) is 0 Å². The van der Waals surface area contributed by atoms with Gasteiger partial charge in [0.2, 0.25) is 0 Å². The fraction of sp³-hybridized carbons (Fsp3) is 0. The number of hydrogen-bond donors (Lipinski definition) is 3. The summed E-state index contributed by atoms with van der Waals surface area (Å²) in [7, 11) is 0. The number of primary amides is 2. The van der Waals surface area contributed by atoms with Crippen molar-refractivity contribution in [3.05, 3.63) is 23.5 Å². The molecule has 0 saturated carbocycles. The standard InChI is InChI=1S/C8H7N5O2/c9-7(14)4-2-1-3-5(11-4)6(8(10)15)13-12-3/h1-2H,(H2,9,14)(H2,10,15)(H,12,13). The molecule has 0 aliphatic carbocycles. The molecule has 0 fully saturated rings. The number of hydrogen-bond acceptors (Lipinski definition) is 4. The highest BCUT2D eigenvalue weighted by molar-refractivity contribution is 6.03. The molecule has 0 radical (unpaired) electrons. The van der Waals surface area contributed by atoms with E-state index < -0.39 is 11.8 Å². The van der Waals surface area contributed by atoms with Crippen LogP contribution in [0.25, 0.3) is 11.0 Å². The van der Waals surface area contributed by atoms with Crippen molar-refractivity contribution >= 4 is 22.8 Å². The number of nitrogens with two attached hydrogens (primary N) is 2. The molecule has 2 aromatic heterocycles. The lowest BCUT2D eigenvalue weighted by atomic mass is 10.2. The molecule has 5 N–H and O–H groups in total. The van der Waals surface area contributed by atoms with Crippen LogP contribution in [0.5, 0.6) is 0 Å². The zero-order valence-electron chi connectivity index (χ0n) is 7.52. The second-order valence-electron chi connectivity index (χ2n) is 2.89. The molecule has 0 unspecified atom stereocenters. The van der Waals surface area contributed by atoms with E-state index in [9.17, 15) is 9.59 Å². The number of aromatic amines is 1. The second kappa shape index (κ2) is 3.05. The van der Waals surface area contributed by atoms with Crippen molar-refractivity contribution in [2.24, 2.45) is 11.5 Å². The number of pyridine rings is 1. The van der Waals surface area contributed by atoms with Crippen LogP contribution in [-0.4, -0.2) is 27.0 Å². The van der Waals surface area contributed by atoms with Crippen LogP contribution in [0.2, 0.25) is 0 Å². The normalized spacial score (nSPS) is 10.4. The Morgan fingerprint density at radius 2 is 1.93 bits per heavy atom. The number of aromatic nitrogens is 3. The summed E-state index contributed by atoms with van der Waals surface area (Å²) in [6, 6.07) is 3.00. The molecule has 2 aromatic rings. The number of nitrogens with zero attached hydrogens (tertiary/aromatic N) is 2. The molecule has 0 aromatic carbocycles. The van der Waals surface area contributed by atoms with Crippen molar-refractivity contribution in [1.29, 1.82) is 0 Å². The Morgan fingerprint density at radius 1 is 1.20 bits per heavy atom. The van der Waals surface area contributed by atoms with Gasteiger partial charge in [0.15, 0.2) is 5.69 Å². The average molecular weight is 205 g/mol. The molecule has 2 rings (SSSR count). The van der Waals surface area contributed by atoms with Crippen molar-refractivity contribution < 1.29 is 9.59 Å². The Hall–Kier alpha value is -2.44. The molecule has 7 nitrogen and oxygen atoms in total. The first-order valence-corrected chi connectivity index (χ1v) is 4.04.